The van der Waals surface area contributed by atoms with Crippen LogP contribution in [0, 0.1) is 5.82 Å². The number of nitrogens with one attached hydrogen (secondary N) is 2. The van der Waals surface area contributed by atoms with E-state index in [0.717, 1.165) is 22.6 Å². The lowest BCUT2D eigenvalue weighted by molar-refractivity contribution is 0.462. The third-order valence-electron chi connectivity index (χ3n) is 4.94. The van der Waals surface area contributed by atoms with E-state index in [9.17, 15) is 4.39 Å². The Bertz CT molecular complexity index is 767. The summed E-state index contributed by atoms with van der Waals surface area (Å²) in [6.45, 7) is 1.23. The third kappa shape index (κ3) is 5.48. The molecule has 1 fully saturated rings. The molecule has 1 heterocycles. The van der Waals surface area contributed by atoms with Gasteiger partial charge in [-0.3, -0.25) is 9.67 Å². The smallest absolute Gasteiger partial charge is 0.191 e. The first-order chi connectivity index (χ1) is 13.2. The van der Waals surface area contributed by atoms with Crippen LogP contribution in [0.2, 0.25) is 0 Å². The second-order valence-electron chi connectivity index (χ2n) is 6.85. The number of guanidine groups is 1. The lowest BCUT2D eigenvalue weighted by Crippen LogP contribution is -2.36. The molecule has 0 atom stereocenters. The molecule has 2 aromatic rings. The number of hydrogen-bond donors (Lipinski definition) is 2. The van der Waals surface area contributed by atoms with Gasteiger partial charge in [0.1, 0.15) is 5.82 Å². The maximum Gasteiger partial charge on any atom is 0.191 e. The van der Waals surface area contributed by atoms with E-state index in [4.69, 9.17) is 5.10 Å². The van der Waals surface area contributed by atoms with Gasteiger partial charge >= 0.3 is 0 Å². The van der Waals surface area contributed by atoms with Crippen LogP contribution < -0.4 is 10.6 Å². The van der Waals surface area contributed by atoms with E-state index in [0.29, 0.717) is 25.1 Å². The van der Waals surface area contributed by atoms with Gasteiger partial charge in [-0.05, 0) is 48.4 Å². The van der Waals surface area contributed by atoms with E-state index in [2.05, 4.69) is 32.6 Å². The van der Waals surface area contributed by atoms with Crippen molar-refractivity contribution in [2.24, 2.45) is 4.99 Å². The number of hydrogen-bond acceptors (Lipinski definition) is 3. The van der Waals surface area contributed by atoms with E-state index < -0.39 is 0 Å². The highest BCUT2D eigenvalue weighted by atomic mass is 32.2. The molecule has 27 heavy (non-hydrogen) atoms. The highest BCUT2D eigenvalue weighted by Crippen LogP contribution is 2.28. The molecule has 0 spiro atoms. The monoisotopic (exact) mass is 389 g/mol. The van der Waals surface area contributed by atoms with Crippen molar-refractivity contribution >= 4 is 17.7 Å². The van der Waals surface area contributed by atoms with Gasteiger partial charge in [0, 0.05) is 25.5 Å². The molecule has 5 nitrogen and oxygen atoms in total. The van der Waals surface area contributed by atoms with Gasteiger partial charge in [-0.15, -0.1) is 0 Å². The summed E-state index contributed by atoms with van der Waals surface area (Å²) in [4.78, 5) is 4.28. The Morgan fingerprint density at radius 2 is 2.00 bits per heavy atom. The molecule has 7 heteroatoms. The topological polar surface area (TPSA) is 54.2 Å². The molecule has 146 valence electrons. The molecule has 0 aliphatic heterocycles. The first-order valence-electron chi connectivity index (χ1n) is 9.44. The normalized spacial score (nSPS) is 15.3. The summed E-state index contributed by atoms with van der Waals surface area (Å²) in [6, 6.07) is 7.58. The quantitative estimate of drug-likeness (QED) is 0.558. The van der Waals surface area contributed by atoms with E-state index in [1.54, 1.807) is 24.9 Å². The number of thioether (sulfide) groups is 1. The Morgan fingerprint density at radius 1 is 1.22 bits per heavy atom. The second-order valence-corrected chi connectivity index (χ2v) is 7.72. The minimum absolute atomic E-state index is 0.192. The summed E-state index contributed by atoms with van der Waals surface area (Å²) in [5, 5.41) is 11.3. The predicted octanol–water partition coefficient (Wildman–Crippen LogP) is 3.87. The van der Waals surface area contributed by atoms with Crippen molar-refractivity contribution < 1.29 is 4.39 Å². The fraction of sp³-hybridized carbons (Fsp3) is 0.500. The van der Waals surface area contributed by atoms with Crippen LogP contribution in [0.5, 0.6) is 0 Å². The first-order valence-corrected chi connectivity index (χ1v) is 10.8. The molecular weight excluding hydrogens is 361 g/mol. The summed E-state index contributed by atoms with van der Waals surface area (Å²) in [6.07, 6.45) is 9.17. The Hall–Kier alpha value is -2.02. The second kappa shape index (κ2) is 9.78. The molecule has 0 amide bonds. The van der Waals surface area contributed by atoms with Crippen molar-refractivity contribution in [1.82, 2.24) is 20.4 Å². The van der Waals surface area contributed by atoms with Crippen molar-refractivity contribution in [3.05, 3.63) is 53.1 Å². The highest BCUT2D eigenvalue weighted by molar-refractivity contribution is 7.97. The number of aromatic nitrogens is 2. The molecule has 0 radical (unpaired) electrons. The molecule has 1 saturated carbocycles. The van der Waals surface area contributed by atoms with Gasteiger partial charge < -0.3 is 10.6 Å². The summed E-state index contributed by atoms with van der Waals surface area (Å²) in [5.74, 6) is 1.31. The van der Waals surface area contributed by atoms with Gasteiger partial charge in [-0.25, -0.2) is 4.39 Å². The van der Waals surface area contributed by atoms with E-state index in [-0.39, 0.29) is 5.82 Å². The molecule has 2 N–H and O–H groups in total. The zero-order valence-corrected chi connectivity index (χ0v) is 16.9. The zero-order chi connectivity index (χ0) is 19.1. The molecule has 0 bridgehead atoms. The fourth-order valence-corrected chi connectivity index (χ4v) is 4.05. The average Bonchev–Trinajstić information content (AvgIpc) is 3.35. The van der Waals surface area contributed by atoms with Gasteiger partial charge in [0.15, 0.2) is 5.96 Å². The van der Waals surface area contributed by atoms with Gasteiger partial charge in [-0.1, -0.05) is 18.9 Å². The van der Waals surface area contributed by atoms with Gasteiger partial charge in [0.25, 0.3) is 0 Å². The van der Waals surface area contributed by atoms with Crippen LogP contribution in [0.15, 0.2) is 35.5 Å². The van der Waals surface area contributed by atoms with E-state index >= 15 is 0 Å². The van der Waals surface area contributed by atoms with Crippen LogP contribution in [0.1, 0.15) is 48.5 Å². The van der Waals surface area contributed by atoms with Crippen molar-refractivity contribution in [1.29, 1.82) is 0 Å². The summed E-state index contributed by atoms with van der Waals surface area (Å²) < 4.78 is 15.6. The number of halogens is 1. The highest BCUT2D eigenvalue weighted by Gasteiger charge is 2.17. The van der Waals surface area contributed by atoms with Crippen LogP contribution in [0.3, 0.4) is 0 Å². The van der Waals surface area contributed by atoms with Crippen LogP contribution in [-0.2, 0) is 18.8 Å². The SMILES string of the molecule is CN=C(NCc1ccn(C2CCCC2)n1)NCc1ccc(F)cc1CSC. The minimum Gasteiger partial charge on any atom is -0.352 e. The largest absolute Gasteiger partial charge is 0.352 e. The maximum absolute atomic E-state index is 13.5. The number of benzene rings is 1. The van der Waals surface area contributed by atoms with Gasteiger partial charge in [0.2, 0.25) is 0 Å². The van der Waals surface area contributed by atoms with Gasteiger partial charge in [-0.2, -0.15) is 16.9 Å². The fourth-order valence-electron chi connectivity index (χ4n) is 3.47. The van der Waals surface area contributed by atoms with Crippen LogP contribution >= 0.6 is 11.8 Å². The standard InChI is InChI=1S/C20H28FN5S/c1-22-20(23-12-15-7-8-17(21)11-16(15)14-27-2)24-13-18-9-10-26(25-18)19-5-3-4-6-19/h7-11,19H,3-6,12-14H2,1-2H3,(H2,22,23,24). The molecule has 1 aromatic heterocycles. The Labute approximate surface area is 164 Å². The first kappa shape index (κ1) is 19.7. The molecule has 0 saturated heterocycles. The minimum atomic E-state index is -0.192. The van der Waals surface area contributed by atoms with Crippen LogP contribution in [0.25, 0.3) is 0 Å². The number of rotatable bonds is 7. The van der Waals surface area contributed by atoms with Crippen molar-refractivity contribution in [2.75, 3.05) is 13.3 Å². The Kier molecular flexibility index (Phi) is 7.15. The van der Waals surface area contributed by atoms with Crippen molar-refractivity contribution in [2.45, 2.75) is 50.6 Å². The number of nitrogens with zero attached hydrogens (tertiary/aromatic N) is 3. The molecule has 1 aliphatic carbocycles. The Morgan fingerprint density at radius 3 is 2.74 bits per heavy atom. The molecule has 3 rings (SSSR count). The summed E-state index contributed by atoms with van der Waals surface area (Å²) >= 11 is 1.69. The van der Waals surface area contributed by atoms with E-state index in [1.165, 1.54) is 31.7 Å². The van der Waals surface area contributed by atoms with Crippen molar-refractivity contribution in [3.63, 3.8) is 0 Å². The average molecular weight is 390 g/mol. The van der Waals surface area contributed by atoms with E-state index in [1.807, 2.05) is 12.3 Å². The third-order valence-corrected chi connectivity index (χ3v) is 5.54. The maximum atomic E-state index is 13.5. The lowest BCUT2D eigenvalue weighted by atomic mass is 10.1. The molecular formula is C20H28FN5S. The zero-order valence-electron chi connectivity index (χ0n) is 16.0. The molecule has 0 unspecified atom stereocenters. The molecule has 1 aliphatic rings. The number of aliphatic imine (C=N–C) groups is 1. The predicted molar refractivity (Wildman–Crippen MR) is 110 cm³/mol. The van der Waals surface area contributed by atoms with Gasteiger partial charge in [0.05, 0.1) is 18.3 Å². The summed E-state index contributed by atoms with van der Waals surface area (Å²) in [7, 11) is 1.75. The Balaban J connectivity index is 1.53. The van der Waals surface area contributed by atoms with Crippen LogP contribution in [0.4, 0.5) is 4.39 Å². The van der Waals surface area contributed by atoms with Crippen molar-refractivity contribution in [3.8, 4) is 0 Å². The summed E-state index contributed by atoms with van der Waals surface area (Å²) in [5.41, 5.74) is 3.11. The molecule has 1 aromatic carbocycles. The van der Waals surface area contributed by atoms with Crippen LogP contribution in [-0.4, -0.2) is 29.0 Å². The lowest BCUT2D eigenvalue weighted by Gasteiger charge is -2.14.